The number of hydrogen-bond donors (Lipinski definition) is 0. The summed E-state index contributed by atoms with van der Waals surface area (Å²) in [7, 11) is 0. The van der Waals surface area contributed by atoms with Crippen molar-refractivity contribution in [2.45, 2.75) is 51.9 Å². The predicted octanol–water partition coefficient (Wildman–Crippen LogP) is 3.49. The van der Waals surface area contributed by atoms with Crippen LogP contribution in [0.2, 0.25) is 0 Å². The van der Waals surface area contributed by atoms with E-state index in [1.807, 2.05) is 6.08 Å². The average Bonchev–Trinajstić information content (AvgIpc) is 2.19. The summed E-state index contributed by atoms with van der Waals surface area (Å²) < 4.78 is 0. The maximum Gasteiger partial charge on any atom is 0.155 e. The number of rotatable bonds is 1. The van der Waals surface area contributed by atoms with Crippen LogP contribution in [0.5, 0.6) is 0 Å². The van der Waals surface area contributed by atoms with Crippen molar-refractivity contribution < 1.29 is 4.79 Å². The third-order valence-corrected chi connectivity index (χ3v) is 3.89. The van der Waals surface area contributed by atoms with Crippen LogP contribution in [0.3, 0.4) is 0 Å². The summed E-state index contributed by atoms with van der Waals surface area (Å²) in [4.78, 5) is 11.2. The van der Waals surface area contributed by atoms with Crippen LogP contribution in [0.15, 0.2) is 11.6 Å². The maximum atomic E-state index is 11.2. The van der Waals surface area contributed by atoms with Gasteiger partial charge in [-0.15, -0.1) is 0 Å². The van der Waals surface area contributed by atoms with Crippen LogP contribution in [0, 0.1) is 11.8 Å². The Balaban J connectivity index is 2.03. The molecule has 0 spiro atoms. The Labute approximate surface area is 86.6 Å². The molecule has 1 atom stereocenters. The minimum atomic E-state index is 0.342. The van der Waals surface area contributed by atoms with Crippen molar-refractivity contribution in [3.8, 4) is 0 Å². The van der Waals surface area contributed by atoms with E-state index < -0.39 is 0 Å². The van der Waals surface area contributed by atoms with Gasteiger partial charge in [0.15, 0.2) is 5.78 Å². The van der Waals surface area contributed by atoms with Gasteiger partial charge in [0, 0.05) is 6.42 Å². The van der Waals surface area contributed by atoms with Crippen LogP contribution in [0.25, 0.3) is 0 Å². The number of ketones is 1. The molecule has 0 saturated heterocycles. The van der Waals surface area contributed by atoms with Gasteiger partial charge in [0.05, 0.1) is 0 Å². The molecule has 0 N–H and O–H groups in total. The topological polar surface area (TPSA) is 17.1 Å². The molecule has 2 aliphatic carbocycles. The Morgan fingerprint density at radius 3 is 2.50 bits per heavy atom. The molecule has 0 aromatic heterocycles. The minimum absolute atomic E-state index is 0.342. The molecule has 1 nitrogen and oxygen atoms in total. The van der Waals surface area contributed by atoms with Gasteiger partial charge >= 0.3 is 0 Å². The first-order valence-corrected chi connectivity index (χ1v) is 5.98. The van der Waals surface area contributed by atoms with Crippen LogP contribution in [0.4, 0.5) is 0 Å². The summed E-state index contributed by atoms with van der Waals surface area (Å²) in [5.74, 6) is 1.95. The Morgan fingerprint density at radius 2 is 1.86 bits per heavy atom. The van der Waals surface area contributed by atoms with Crippen LogP contribution < -0.4 is 0 Å². The third-order valence-electron chi connectivity index (χ3n) is 3.89. The Bertz CT molecular complexity index is 246. The SMILES string of the molecule is CC1=CC(=O)CCC1C1CCCCC1. The lowest BCUT2D eigenvalue weighted by molar-refractivity contribution is -0.115. The van der Waals surface area contributed by atoms with Gasteiger partial charge in [0.2, 0.25) is 0 Å². The molecule has 78 valence electrons. The Morgan fingerprint density at radius 1 is 1.14 bits per heavy atom. The maximum absolute atomic E-state index is 11.2. The number of allylic oxidation sites excluding steroid dienone is 2. The van der Waals surface area contributed by atoms with E-state index >= 15 is 0 Å². The van der Waals surface area contributed by atoms with Crippen molar-refractivity contribution in [3.63, 3.8) is 0 Å². The van der Waals surface area contributed by atoms with Gasteiger partial charge in [0.1, 0.15) is 0 Å². The lowest BCUT2D eigenvalue weighted by Crippen LogP contribution is -2.23. The molecular weight excluding hydrogens is 172 g/mol. The van der Waals surface area contributed by atoms with Crippen LogP contribution in [-0.2, 0) is 4.79 Å². The zero-order chi connectivity index (χ0) is 9.97. The largest absolute Gasteiger partial charge is 0.295 e. The molecule has 0 aromatic carbocycles. The van der Waals surface area contributed by atoms with Crippen LogP contribution in [0.1, 0.15) is 51.9 Å². The van der Waals surface area contributed by atoms with Crippen molar-refractivity contribution in [1.29, 1.82) is 0 Å². The van der Waals surface area contributed by atoms with Gasteiger partial charge in [-0.1, -0.05) is 24.8 Å². The fourth-order valence-corrected chi connectivity index (χ4v) is 3.10. The molecule has 0 aliphatic heterocycles. The van der Waals surface area contributed by atoms with Crippen LogP contribution >= 0.6 is 0 Å². The molecule has 14 heavy (non-hydrogen) atoms. The highest BCUT2D eigenvalue weighted by Gasteiger charge is 2.27. The highest BCUT2D eigenvalue weighted by Crippen LogP contribution is 2.38. The fraction of sp³-hybridized carbons (Fsp3) is 0.769. The first kappa shape index (κ1) is 9.95. The van der Waals surface area contributed by atoms with Crippen molar-refractivity contribution >= 4 is 5.78 Å². The van der Waals surface area contributed by atoms with E-state index in [1.54, 1.807) is 0 Å². The van der Waals surface area contributed by atoms with Gasteiger partial charge in [-0.2, -0.15) is 0 Å². The summed E-state index contributed by atoms with van der Waals surface area (Å²) in [6.45, 7) is 2.15. The smallest absolute Gasteiger partial charge is 0.155 e. The zero-order valence-corrected chi connectivity index (χ0v) is 9.09. The van der Waals surface area contributed by atoms with Crippen molar-refractivity contribution in [1.82, 2.24) is 0 Å². The lowest BCUT2D eigenvalue weighted by Gasteiger charge is -2.32. The molecule has 1 saturated carbocycles. The van der Waals surface area contributed by atoms with Crippen molar-refractivity contribution in [2.75, 3.05) is 0 Å². The second kappa shape index (κ2) is 4.29. The first-order chi connectivity index (χ1) is 6.77. The van der Waals surface area contributed by atoms with E-state index in [0.29, 0.717) is 5.78 Å². The molecule has 2 aliphatic rings. The molecule has 0 radical (unpaired) electrons. The third kappa shape index (κ3) is 2.08. The molecule has 1 heteroatoms. The fourth-order valence-electron chi connectivity index (χ4n) is 3.10. The quantitative estimate of drug-likeness (QED) is 0.621. The molecule has 0 aromatic rings. The molecule has 0 amide bonds. The van der Waals surface area contributed by atoms with Gasteiger partial charge in [-0.25, -0.2) is 0 Å². The van der Waals surface area contributed by atoms with E-state index in [1.165, 1.54) is 37.7 Å². The molecule has 0 bridgehead atoms. The minimum Gasteiger partial charge on any atom is -0.295 e. The van der Waals surface area contributed by atoms with E-state index in [4.69, 9.17) is 0 Å². The standard InChI is InChI=1S/C13H20O/c1-10-9-12(14)7-8-13(10)11-5-3-2-4-6-11/h9,11,13H,2-8H2,1H3. The molecule has 2 rings (SSSR count). The molecule has 1 fully saturated rings. The van der Waals surface area contributed by atoms with Crippen molar-refractivity contribution in [2.24, 2.45) is 11.8 Å². The second-order valence-electron chi connectivity index (χ2n) is 4.90. The summed E-state index contributed by atoms with van der Waals surface area (Å²) >= 11 is 0. The van der Waals surface area contributed by atoms with E-state index in [9.17, 15) is 4.79 Å². The Hall–Kier alpha value is -0.590. The molecule has 1 unspecified atom stereocenters. The highest BCUT2D eigenvalue weighted by atomic mass is 16.1. The summed E-state index contributed by atoms with van der Waals surface area (Å²) in [6, 6.07) is 0. The van der Waals surface area contributed by atoms with Gasteiger partial charge in [0.25, 0.3) is 0 Å². The number of carbonyl (C=O) groups excluding carboxylic acids is 1. The second-order valence-corrected chi connectivity index (χ2v) is 4.90. The molecular formula is C13H20O. The Kier molecular flexibility index (Phi) is 3.05. The van der Waals surface area contributed by atoms with Gasteiger partial charge in [-0.3, -0.25) is 4.79 Å². The number of carbonyl (C=O) groups is 1. The van der Waals surface area contributed by atoms with E-state index in [0.717, 1.165) is 24.7 Å². The molecule has 0 heterocycles. The summed E-state index contributed by atoms with van der Waals surface area (Å²) in [6.07, 6.45) is 10.8. The zero-order valence-electron chi connectivity index (χ0n) is 9.09. The number of hydrogen-bond acceptors (Lipinski definition) is 1. The van der Waals surface area contributed by atoms with Gasteiger partial charge in [-0.05, 0) is 44.1 Å². The average molecular weight is 192 g/mol. The van der Waals surface area contributed by atoms with Crippen molar-refractivity contribution in [3.05, 3.63) is 11.6 Å². The van der Waals surface area contributed by atoms with E-state index in [2.05, 4.69) is 6.92 Å². The summed E-state index contributed by atoms with van der Waals surface area (Å²) in [5, 5.41) is 0. The summed E-state index contributed by atoms with van der Waals surface area (Å²) in [5.41, 5.74) is 1.35. The normalized spacial score (nSPS) is 30.2. The van der Waals surface area contributed by atoms with Gasteiger partial charge < -0.3 is 0 Å². The predicted molar refractivity (Wildman–Crippen MR) is 58.1 cm³/mol. The van der Waals surface area contributed by atoms with E-state index in [-0.39, 0.29) is 0 Å². The van der Waals surface area contributed by atoms with Crippen LogP contribution in [-0.4, -0.2) is 5.78 Å². The first-order valence-electron chi connectivity index (χ1n) is 5.98. The monoisotopic (exact) mass is 192 g/mol. The lowest BCUT2D eigenvalue weighted by atomic mass is 9.72. The highest BCUT2D eigenvalue weighted by molar-refractivity contribution is 5.91.